The van der Waals surface area contributed by atoms with E-state index in [1.54, 1.807) is 4.90 Å². The van der Waals surface area contributed by atoms with Crippen LogP contribution >= 0.6 is 0 Å². The van der Waals surface area contributed by atoms with Gasteiger partial charge in [0.1, 0.15) is 0 Å². The Balaban J connectivity index is 2.44. The zero-order chi connectivity index (χ0) is 10.6. The van der Waals surface area contributed by atoms with E-state index in [1.807, 2.05) is 32.3 Å². The van der Waals surface area contributed by atoms with E-state index >= 15 is 0 Å². The molecule has 0 unspecified atom stereocenters. The molecule has 2 aromatic rings. The van der Waals surface area contributed by atoms with Crippen LogP contribution in [-0.2, 0) is 13.6 Å². The molecule has 0 fully saturated rings. The van der Waals surface area contributed by atoms with Crippen LogP contribution in [0, 0.1) is 0 Å². The third kappa shape index (κ3) is 0.923. The summed E-state index contributed by atoms with van der Waals surface area (Å²) < 4.78 is 2.12. The summed E-state index contributed by atoms with van der Waals surface area (Å²) in [6.07, 6.45) is 0. The minimum Gasteiger partial charge on any atom is -0.345 e. The van der Waals surface area contributed by atoms with E-state index in [0.717, 1.165) is 28.7 Å². The first-order chi connectivity index (χ1) is 7.20. The summed E-state index contributed by atoms with van der Waals surface area (Å²) in [5.41, 5.74) is 3.16. The minimum atomic E-state index is 0.141. The fourth-order valence-corrected chi connectivity index (χ4v) is 2.36. The molecule has 15 heavy (non-hydrogen) atoms. The van der Waals surface area contributed by atoms with Gasteiger partial charge in [-0.25, -0.2) is 0 Å². The highest BCUT2D eigenvalue weighted by Gasteiger charge is 2.30. The fraction of sp³-hybridized carbons (Fsp3) is 0.250. The quantitative estimate of drug-likeness (QED) is 0.636. The lowest BCUT2D eigenvalue weighted by atomic mass is 10.1. The Bertz CT molecular complexity index is 568. The molecule has 2 heterocycles. The third-order valence-electron chi connectivity index (χ3n) is 3.18. The van der Waals surface area contributed by atoms with E-state index in [-0.39, 0.29) is 5.91 Å². The van der Waals surface area contributed by atoms with Crippen molar-refractivity contribution in [3.05, 3.63) is 35.5 Å². The molecule has 0 N–H and O–H groups in total. The molecule has 0 atom stereocenters. The van der Waals surface area contributed by atoms with E-state index in [0.29, 0.717) is 0 Å². The lowest BCUT2D eigenvalue weighted by Crippen LogP contribution is -2.18. The second-order valence-corrected chi connectivity index (χ2v) is 4.06. The fourth-order valence-electron chi connectivity index (χ4n) is 2.36. The molecule has 1 aromatic carbocycles. The van der Waals surface area contributed by atoms with Crippen molar-refractivity contribution in [1.82, 2.24) is 9.47 Å². The number of amides is 1. The first kappa shape index (κ1) is 8.53. The van der Waals surface area contributed by atoms with Crippen LogP contribution in [0.2, 0.25) is 0 Å². The maximum atomic E-state index is 11.9. The van der Waals surface area contributed by atoms with Crippen LogP contribution in [0.3, 0.4) is 0 Å². The summed E-state index contributed by atoms with van der Waals surface area (Å²) in [7, 11) is 3.87. The number of benzene rings is 1. The molecule has 3 heteroatoms. The SMILES string of the molecule is CN1Cc2c(c3ccccc3n2C)C1=O. The zero-order valence-electron chi connectivity index (χ0n) is 8.82. The van der Waals surface area contributed by atoms with Crippen molar-refractivity contribution in [3.8, 4) is 0 Å². The second-order valence-electron chi connectivity index (χ2n) is 4.06. The number of hydrogen-bond acceptors (Lipinski definition) is 1. The number of nitrogens with zero attached hydrogens (tertiary/aromatic N) is 2. The van der Waals surface area contributed by atoms with Crippen molar-refractivity contribution >= 4 is 16.8 Å². The van der Waals surface area contributed by atoms with Crippen molar-refractivity contribution in [2.24, 2.45) is 7.05 Å². The van der Waals surface area contributed by atoms with Crippen molar-refractivity contribution in [3.63, 3.8) is 0 Å². The molecule has 1 aromatic heterocycles. The Morgan fingerprint density at radius 3 is 2.73 bits per heavy atom. The molecular weight excluding hydrogens is 188 g/mol. The van der Waals surface area contributed by atoms with Crippen LogP contribution in [0.15, 0.2) is 24.3 Å². The Morgan fingerprint density at radius 1 is 1.20 bits per heavy atom. The molecule has 1 aliphatic rings. The van der Waals surface area contributed by atoms with Crippen molar-refractivity contribution < 1.29 is 4.79 Å². The average molecular weight is 200 g/mol. The van der Waals surface area contributed by atoms with Gasteiger partial charge < -0.3 is 9.47 Å². The maximum Gasteiger partial charge on any atom is 0.256 e. The van der Waals surface area contributed by atoms with Crippen LogP contribution in [0.1, 0.15) is 16.1 Å². The third-order valence-corrected chi connectivity index (χ3v) is 3.18. The number of carbonyl (C=O) groups excluding carboxylic acids is 1. The summed E-state index contributed by atoms with van der Waals surface area (Å²) in [5.74, 6) is 0.141. The Labute approximate surface area is 87.9 Å². The molecule has 0 aliphatic carbocycles. The number of fused-ring (bicyclic) bond motifs is 3. The summed E-state index contributed by atoms with van der Waals surface area (Å²) in [5, 5.41) is 1.07. The average Bonchev–Trinajstić information content (AvgIpc) is 2.68. The molecule has 0 saturated heterocycles. The smallest absolute Gasteiger partial charge is 0.256 e. The van der Waals surface area contributed by atoms with E-state index in [4.69, 9.17) is 0 Å². The second kappa shape index (κ2) is 2.63. The lowest BCUT2D eigenvalue weighted by molar-refractivity contribution is 0.0817. The van der Waals surface area contributed by atoms with Gasteiger partial charge in [-0.2, -0.15) is 0 Å². The Morgan fingerprint density at radius 2 is 1.93 bits per heavy atom. The highest BCUT2D eigenvalue weighted by Crippen LogP contribution is 2.31. The van der Waals surface area contributed by atoms with Gasteiger partial charge in [0.05, 0.1) is 17.8 Å². The largest absolute Gasteiger partial charge is 0.345 e. The number of aromatic nitrogens is 1. The van der Waals surface area contributed by atoms with Crippen molar-refractivity contribution in [2.75, 3.05) is 7.05 Å². The Kier molecular flexibility index (Phi) is 1.49. The van der Waals surface area contributed by atoms with Gasteiger partial charge in [-0.15, -0.1) is 0 Å². The molecule has 3 rings (SSSR count). The van der Waals surface area contributed by atoms with Gasteiger partial charge in [-0.05, 0) is 6.07 Å². The molecule has 1 amide bonds. The number of aryl methyl sites for hydroxylation is 1. The molecule has 3 nitrogen and oxygen atoms in total. The van der Waals surface area contributed by atoms with Crippen molar-refractivity contribution in [2.45, 2.75) is 6.54 Å². The van der Waals surface area contributed by atoms with Crippen LogP contribution in [-0.4, -0.2) is 22.4 Å². The van der Waals surface area contributed by atoms with Gasteiger partial charge >= 0.3 is 0 Å². The molecular formula is C12H12N2O. The van der Waals surface area contributed by atoms with Gasteiger partial charge in [0.15, 0.2) is 0 Å². The number of hydrogen-bond donors (Lipinski definition) is 0. The number of para-hydroxylation sites is 1. The monoisotopic (exact) mass is 200 g/mol. The summed E-state index contributed by atoms with van der Waals surface area (Å²) in [6, 6.07) is 8.06. The molecule has 0 radical (unpaired) electrons. The maximum absolute atomic E-state index is 11.9. The summed E-state index contributed by atoms with van der Waals surface area (Å²) in [6.45, 7) is 0.722. The van der Waals surface area contributed by atoms with Gasteiger partial charge in [-0.1, -0.05) is 18.2 Å². The molecule has 0 saturated carbocycles. The van der Waals surface area contributed by atoms with Gasteiger partial charge in [-0.3, -0.25) is 4.79 Å². The number of carbonyl (C=O) groups is 1. The van der Waals surface area contributed by atoms with E-state index < -0.39 is 0 Å². The molecule has 1 aliphatic heterocycles. The topological polar surface area (TPSA) is 25.2 Å². The first-order valence-electron chi connectivity index (χ1n) is 5.02. The van der Waals surface area contributed by atoms with E-state index in [2.05, 4.69) is 10.6 Å². The normalized spacial score (nSPS) is 15.1. The molecule has 76 valence electrons. The van der Waals surface area contributed by atoms with Crippen LogP contribution in [0.25, 0.3) is 10.9 Å². The molecule has 0 spiro atoms. The van der Waals surface area contributed by atoms with Gasteiger partial charge in [0.25, 0.3) is 5.91 Å². The Hall–Kier alpha value is -1.77. The predicted molar refractivity (Wildman–Crippen MR) is 58.7 cm³/mol. The first-order valence-corrected chi connectivity index (χ1v) is 5.02. The van der Waals surface area contributed by atoms with E-state index in [9.17, 15) is 4.79 Å². The minimum absolute atomic E-state index is 0.141. The zero-order valence-corrected chi connectivity index (χ0v) is 8.82. The van der Waals surface area contributed by atoms with Crippen LogP contribution in [0.4, 0.5) is 0 Å². The highest BCUT2D eigenvalue weighted by atomic mass is 16.2. The number of rotatable bonds is 0. The van der Waals surface area contributed by atoms with Gasteiger partial charge in [0, 0.05) is 25.0 Å². The van der Waals surface area contributed by atoms with Crippen LogP contribution in [0.5, 0.6) is 0 Å². The lowest BCUT2D eigenvalue weighted by Gasteiger charge is -2.08. The highest BCUT2D eigenvalue weighted by molar-refractivity contribution is 6.10. The standard InChI is InChI=1S/C12H12N2O/c1-13-7-10-11(12(13)15)8-5-3-4-6-9(8)14(10)2/h3-6H,7H2,1-2H3. The predicted octanol–water partition coefficient (Wildman–Crippen LogP) is 1.76. The van der Waals surface area contributed by atoms with E-state index in [1.165, 1.54) is 0 Å². The van der Waals surface area contributed by atoms with Crippen LogP contribution < -0.4 is 0 Å². The van der Waals surface area contributed by atoms with Crippen molar-refractivity contribution in [1.29, 1.82) is 0 Å². The molecule has 0 bridgehead atoms. The summed E-state index contributed by atoms with van der Waals surface area (Å²) in [4.78, 5) is 13.7. The van der Waals surface area contributed by atoms with Gasteiger partial charge in [0.2, 0.25) is 0 Å². The summed E-state index contributed by atoms with van der Waals surface area (Å²) >= 11 is 0.